The predicted octanol–water partition coefficient (Wildman–Crippen LogP) is 4.40. The van der Waals surface area contributed by atoms with E-state index in [9.17, 15) is 4.79 Å². The van der Waals surface area contributed by atoms with Gasteiger partial charge in [-0.1, -0.05) is 52.0 Å². The van der Waals surface area contributed by atoms with Crippen LogP contribution in [0, 0.1) is 5.92 Å². The Labute approximate surface area is 144 Å². The molecular formula is C20H27NO3. The Morgan fingerprint density at radius 1 is 1.17 bits per heavy atom. The summed E-state index contributed by atoms with van der Waals surface area (Å²) in [5.41, 5.74) is 2.48. The molecule has 0 saturated carbocycles. The van der Waals surface area contributed by atoms with Gasteiger partial charge < -0.3 is 9.52 Å². The zero-order valence-electron chi connectivity index (χ0n) is 15.2. The molecule has 1 aromatic carbocycles. The fraction of sp³-hybridized carbons (Fsp3) is 0.450. The predicted molar refractivity (Wildman–Crippen MR) is 96.0 cm³/mol. The Hall–Kier alpha value is -2.07. The molecule has 1 aromatic heterocycles. The zero-order valence-corrected chi connectivity index (χ0v) is 15.2. The lowest BCUT2D eigenvalue weighted by molar-refractivity contribution is -0.141. The molecule has 0 aliphatic carbocycles. The zero-order chi connectivity index (χ0) is 17.9. The summed E-state index contributed by atoms with van der Waals surface area (Å²) in [6.45, 7) is 9.38. The molecule has 1 heterocycles. The molecule has 0 saturated heterocycles. The van der Waals surface area contributed by atoms with Gasteiger partial charge in [0.15, 0.2) is 0 Å². The average molecular weight is 329 g/mol. The molecule has 0 aliphatic heterocycles. The summed E-state index contributed by atoms with van der Waals surface area (Å²) < 4.78 is 5.92. The fourth-order valence-electron chi connectivity index (χ4n) is 2.63. The van der Waals surface area contributed by atoms with Crippen LogP contribution in [0.15, 0.2) is 40.8 Å². The van der Waals surface area contributed by atoms with Crippen LogP contribution in [0.4, 0.5) is 0 Å². The highest BCUT2D eigenvalue weighted by Gasteiger charge is 2.16. The van der Waals surface area contributed by atoms with Crippen molar-refractivity contribution in [2.75, 3.05) is 13.6 Å². The fourth-order valence-corrected chi connectivity index (χ4v) is 2.63. The van der Waals surface area contributed by atoms with E-state index in [2.05, 4.69) is 45.0 Å². The summed E-state index contributed by atoms with van der Waals surface area (Å²) in [4.78, 5) is 12.9. The number of hydrogen-bond donors (Lipinski definition) is 1. The van der Waals surface area contributed by atoms with Gasteiger partial charge in [0.1, 0.15) is 11.5 Å². The van der Waals surface area contributed by atoms with Crippen LogP contribution in [-0.2, 0) is 16.8 Å². The maximum atomic E-state index is 10.9. The van der Waals surface area contributed by atoms with Gasteiger partial charge in [-0.15, -0.1) is 0 Å². The molecule has 2 rings (SSSR count). The van der Waals surface area contributed by atoms with Crippen LogP contribution in [0.1, 0.15) is 39.0 Å². The van der Waals surface area contributed by atoms with E-state index in [0.717, 1.165) is 17.1 Å². The minimum absolute atomic E-state index is 0.135. The van der Waals surface area contributed by atoms with E-state index < -0.39 is 11.9 Å². The van der Waals surface area contributed by atoms with Gasteiger partial charge in [0, 0.05) is 12.1 Å². The number of furan rings is 1. The average Bonchev–Trinajstić information content (AvgIpc) is 2.94. The first-order valence-electron chi connectivity index (χ1n) is 8.28. The van der Waals surface area contributed by atoms with Crippen molar-refractivity contribution in [1.29, 1.82) is 0 Å². The van der Waals surface area contributed by atoms with Gasteiger partial charge in [-0.2, -0.15) is 0 Å². The van der Waals surface area contributed by atoms with Crippen molar-refractivity contribution in [2.45, 2.75) is 39.7 Å². The molecule has 1 atom stereocenters. The number of rotatable bonds is 6. The van der Waals surface area contributed by atoms with Crippen LogP contribution in [0.5, 0.6) is 0 Å². The molecule has 1 unspecified atom stereocenters. The van der Waals surface area contributed by atoms with Gasteiger partial charge in [0.25, 0.3) is 0 Å². The second-order valence-corrected chi connectivity index (χ2v) is 7.53. The Bertz CT molecular complexity index is 680. The normalized spacial score (nSPS) is 13.2. The summed E-state index contributed by atoms with van der Waals surface area (Å²) in [5, 5.41) is 8.98. The summed E-state index contributed by atoms with van der Waals surface area (Å²) in [5.74, 6) is 0.505. The third-order valence-electron chi connectivity index (χ3n) is 4.13. The van der Waals surface area contributed by atoms with Crippen molar-refractivity contribution in [3.05, 3.63) is 47.7 Å². The molecule has 4 heteroatoms. The van der Waals surface area contributed by atoms with Crippen molar-refractivity contribution >= 4 is 5.97 Å². The minimum atomic E-state index is -0.777. The van der Waals surface area contributed by atoms with Gasteiger partial charge in [0.05, 0.1) is 12.5 Å². The van der Waals surface area contributed by atoms with E-state index in [1.807, 2.05) is 24.1 Å². The minimum Gasteiger partial charge on any atom is -0.481 e. The van der Waals surface area contributed by atoms with Gasteiger partial charge in [-0.3, -0.25) is 9.69 Å². The highest BCUT2D eigenvalue weighted by Crippen LogP contribution is 2.27. The van der Waals surface area contributed by atoms with Crippen LogP contribution in [-0.4, -0.2) is 29.6 Å². The van der Waals surface area contributed by atoms with Gasteiger partial charge in [-0.05, 0) is 30.2 Å². The van der Waals surface area contributed by atoms with Crippen LogP contribution in [0.3, 0.4) is 0 Å². The van der Waals surface area contributed by atoms with E-state index in [1.165, 1.54) is 5.56 Å². The van der Waals surface area contributed by atoms with Crippen LogP contribution in [0.25, 0.3) is 11.3 Å². The van der Waals surface area contributed by atoms with E-state index in [-0.39, 0.29) is 5.41 Å². The van der Waals surface area contributed by atoms with Crippen molar-refractivity contribution in [2.24, 2.45) is 5.92 Å². The Balaban J connectivity index is 2.04. The molecule has 0 radical (unpaired) electrons. The number of carboxylic acid groups (broad SMARTS) is 1. The molecule has 2 aromatic rings. The maximum absolute atomic E-state index is 10.9. The molecule has 4 nitrogen and oxygen atoms in total. The Kier molecular flexibility index (Phi) is 5.50. The van der Waals surface area contributed by atoms with Crippen molar-refractivity contribution in [3.8, 4) is 11.3 Å². The van der Waals surface area contributed by atoms with Crippen LogP contribution in [0.2, 0.25) is 0 Å². The van der Waals surface area contributed by atoms with Crippen molar-refractivity contribution in [1.82, 2.24) is 4.90 Å². The highest BCUT2D eigenvalue weighted by atomic mass is 16.4. The number of nitrogens with zero attached hydrogens (tertiary/aromatic N) is 1. The lowest BCUT2D eigenvalue weighted by Crippen LogP contribution is -2.28. The third-order valence-corrected chi connectivity index (χ3v) is 4.13. The summed E-state index contributed by atoms with van der Waals surface area (Å²) >= 11 is 0. The molecule has 130 valence electrons. The lowest BCUT2D eigenvalue weighted by Gasteiger charge is -2.19. The maximum Gasteiger partial charge on any atom is 0.307 e. The smallest absolute Gasteiger partial charge is 0.307 e. The second-order valence-electron chi connectivity index (χ2n) is 7.53. The monoisotopic (exact) mass is 329 g/mol. The number of hydrogen-bond acceptors (Lipinski definition) is 3. The molecule has 0 aliphatic rings. The molecule has 24 heavy (non-hydrogen) atoms. The van der Waals surface area contributed by atoms with Gasteiger partial charge in [-0.25, -0.2) is 0 Å². The number of aliphatic carboxylic acids is 1. The first-order chi connectivity index (χ1) is 11.2. The molecule has 1 N–H and O–H groups in total. The Morgan fingerprint density at radius 2 is 1.79 bits per heavy atom. The highest BCUT2D eigenvalue weighted by molar-refractivity contribution is 5.69. The summed E-state index contributed by atoms with van der Waals surface area (Å²) in [7, 11) is 1.90. The third kappa shape index (κ3) is 4.71. The van der Waals surface area contributed by atoms with Crippen molar-refractivity contribution < 1.29 is 14.3 Å². The summed E-state index contributed by atoms with van der Waals surface area (Å²) in [6, 6.07) is 12.4. The summed E-state index contributed by atoms with van der Waals surface area (Å²) in [6.07, 6.45) is 0. The molecule has 0 amide bonds. The molecule has 0 fully saturated rings. The van der Waals surface area contributed by atoms with Crippen LogP contribution < -0.4 is 0 Å². The SMILES string of the molecule is CC(CN(C)Cc1ccc(-c2ccc(C(C)(C)C)cc2)o1)C(=O)O. The standard InChI is InChI=1S/C20H27NO3/c1-14(19(22)23)12-21(5)13-17-10-11-18(24-17)15-6-8-16(9-7-15)20(2,3)4/h6-11,14H,12-13H2,1-5H3,(H,22,23). The number of benzene rings is 1. The van der Waals surface area contributed by atoms with E-state index >= 15 is 0 Å². The molecule has 0 bridgehead atoms. The van der Waals surface area contributed by atoms with E-state index in [1.54, 1.807) is 6.92 Å². The number of carbonyl (C=O) groups is 1. The number of carboxylic acids is 1. The lowest BCUT2D eigenvalue weighted by atomic mass is 9.86. The Morgan fingerprint density at radius 3 is 2.33 bits per heavy atom. The van der Waals surface area contributed by atoms with Crippen molar-refractivity contribution in [3.63, 3.8) is 0 Å². The van der Waals surface area contributed by atoms with Gasteiger partial charge in [0.2, 0.25) is 0 Å². The molecule has 0 spiro atoms. The van der Waals surface area contributed by atoms with E-state index in [4.69, 9.17) is 9.52 Å². The first kappa shape index (κ1) is 18.3. The largest absolute Gasteiger partial charge is 0.481 e. The van der Waals surface area contributed by atoms with E-state index in [0.29, 0.717) is 13.1 Å². The van der Waals surface area contributed by atoms with Gasteiger partial charge >= 0.3 is 5.97 Å². The molecular weight excluding hydrogens is 302 g/mol. The second kappa shape index (κ2) is 7.22. The quantitative estimate of drug-likeness (QED) is 0.853. The van der Waals surface area contributed by atoms with Crippen LogP contribution >= 0.6 is 0 Å². The first-order valence-corrected chi connectivity index (χ1v) is 8.28. The topological polar surface area (TPSA) is 53.7 Å².